The molecule has 0 aliphatic carbocycles. The van der Waals surface area contributed by atoms with Crippen molar-refractivity contribution in [3.63, 3.8) is 0 Å². The molecule has 0 unspecified atom stereocenters. The number of aryl methyl sites for hydroxylation is 1. The molecule has 7 heteroatoms. The minimum Gasteiger partial charge on any atom is -0.480 e. The Labute approximate surface area is 108 Å². The van der Waals surface area contributed by atoms with E-state index in [1.54, 1.807) is 18.3 Å². The first-order chi connectivity index (χ1) is 8.76. The zero-order chi connectivity index (χ0) is 13.0. The van der Waals surface area contributed by atoms with Crippen molar-refractivity contribution in [2.24, 2.45) is 0 Å². The van der Waals surface area contributed by atoms with Crippen molar-refractivity contribution in [2.45, 2.75) is 13.3 Å². The maximum absolute atomic E-state index is 12.1. The van der Waals surface area contributed by atoms with Crippen molar-refractivity contribution >= 4 is 23.1 Å². The van der Waals surface area contributed by atoms with Crippen molar-refractivity contribution in [1.29, 1.82) is 0 Å². The van der Waals surface area contributed by atoms with Crippen LogP contribution in [0.25, 0.3) is 0 Å². The van der Waals surface area contributed by atoms with Crippen LogP contribution in [0.4, 0.5) is 5.69 Å². The van der Waals surface area contributed by atoms with Crippen molar-refractivity contribution in [3.8, 4) is 5.88 Å². The molecule has 6 nitrogen and oxygen atoms in total. The lowest BCUT2D eigenvalue weighted by Gasteiger charge is -2.07. The van der Waals surface area contributed by atoms with E-state index >= 15 is 0 Å². The number of carbonyl (C=O) groups excluding carboxylic acids is 1. The number of amides is 1. The zero-order valence-corrected chi connectivity index (χ0v) is 10.8. The third-order valence-corrected chi connectivity index (χ3v) is 3.08. The van der Waals surface area contributed by atoms with E-state index in [4.69, 9.17) is 4.74 Å². The van der Waals surface area contributed by atoms with Crippen LogP contribution in [-0.4, -0.2) is 27.6 Å². The fourth-order valence-corrected chi connectivity index (χ4v) is 2.09. The maximum atomic E-state index is 12.1. The van der Waals surface area contributed by atoms with E-state index in [1.807, 2.05) is 6.92 Å². The number of rotatable bonds is 4. The van der Waals surface area contributed by atoms with Crippen LogP contribution in [0.15, 0.2) is 18.3 Å². The van der Waals surface area contributed by atoms with Crippen LogP contribution < -0.4 is 10.1 Å². The van der Waals surface area contributed by atoms with Crippen molar-refractivity contribution in [3.05, 3.63) is 28.9 Å². The molecule has 2 aromatic rings. The van der Waals surface area contributed by atoms with Crippen molar-refractivity contribution < 1.29 is 9.53 Å². The normalized spacial score (nSPS) is 10.1. The Morgan fingerprint density at radius 1 is 1.56 bits per heavy atom. The van der Waals surface area contributed by atoms with E-state index in [2.05, 4.69) is 19.9 Å². The van der Waals surface area contributed by atoms with Crippen molar-refractivity contribution in [1.82, 2.24) is 14.6 Å². The third-order valence-electron chi connectivity index (χ3n) is 2.31. The Morgan fingerprint density at radius 2 is 2.39 bits per heavy atom. The van der Waals surface area contributed by atoms with Crippen LogP contribution in [0.1, 0.15) is 22.3 Å². The fraction of sp³-hybridized carbons (Fsp3) is 0.273. The number of hydrogen-bond acceptors (Lipinski definition) is 6. The number of nitrogens with one attached hydrogen (secondary N) is 1. The first-order valence-corrected chi connectivity index (χ1v) is 6.15. The zero-order valence-electron chi connectivity index (χ0n) is 10.0. The monoisotopic (exact) mass is 264 g/mol. The largest absolute Gasteiger partial charge is 0.480 e. The summed E-state index contributed by atoms with van der Waals surface area (Å²) in [6.45, 7) is 1.93. The molecule has 0 radical (unpaired) electrons. The molecule has 0 atom stereocenters. The minimum atomic E-state index is -0.242. The molecule has 0 fully saturated rings. The van der Waals surface area contributed by atoms with Crippen LogP contribution in [-0.2, 0) is 6.42 Å². The van der Waals surface area contributed by atoms with Crippen LogP contribution in [0.5, 0.6) is 5.88 Å². The Kier molecular flexibility index (Phi) is 3.83. The molecule has 0 aliphatic rings. The van der Waals surface area contributed by atoms with E-state index in [-0.39, 0.29) is 5.91 Å². The number of carbonyl (C=O) groups is 1. The Balaban J connectivity index is 2.21. The number of ether oxygens (including phenoxy) is 1. The van der Waals surface area contributed by atoms with Gasteiger partial charge in [-0.25, -0.2) is 4.98 Å². The summed E-state index contributed by atoms with van der Waals surface area (Å²) < 4.78 is 8.85. The van der Waals surface area contributed by atoms with E-state index in [0.717, 1.165) is 11.5 Å². The highest BCUT2D eigenvalue weighted by molar-refractivity contribution is 7.08. The summed E-state index contributed by atoms with van der Waals surface area (Å²) in [4.78, 5) is 16.6. The van der Waals surface area contributed by atoms with Gasteiger partial charge in [0.1, 0.15) is 10.6 Å². The van der Waals surface area contributed by atoms with Gasteiger partial charge in [-0.05, 0) is 30.1 Å². The molecule has 0 bridgehead atoms. The smallest absolute Gasteiger partial charge is 0.269 e. The summed E-state index contributed by atoms with van der Waals surface area (Å²) >= 11 is 1.08. The molecule has 2 rings (SSSR count). The van der Waals surface area contributed by atoms with Crippen LogP contribution in [0, 0.1) is 0 Å². The van der Waals surface area contributed by atoms with Gasteiger partial charge in [-0.3, -0.25) is 4.79 Å². The van der Waals surface area contributed by atoms with E-state index in [9.17, 15) is 4.79 Å². The second kappa shape index (κ2) is 5.54. The van der Waals surface area contributed by atoms with E-state index in [0.29, 0.717) is 28.6 Å². The highest BCUT2D eigenvalue weighted by Gasteiger charge is 2.16. The number of aromatic nitrogens is 3. The standard InChI is InChI=1S/C11H12N4O2S/c1-3-7-9(18-15-14-7)10(16)13-8-5-4-6-12-11(8)17-2/h4-6H,3H2,1-2H3,(H,13,16). The van der Waals surface area contributed by atoms with Crippen LogP contribution in [0.2, 0.25) is 0 Å². The van der Waals surface area contributed by atoms with Gasteiger partial charge in [0.25, 0.3) is 5.91 Å². The number of anilines is 1. The van der Waals surface area contributed by atoms with Gasteiger partial charge in [-0.2, -0.15) is 0 Å². The Bertz CT molecular complexity index is 555. The van der Waals surface area contributed by atoms with Gasteiger partial charge in [0.05, 0.1) is 12.8 Å². The van der Waals surface area contributed by atoms with Crippen LogP contribution >= 0.6 is 11.5 Å². The second-order valence-electron chi connectivity index (χ2n) is 3.42. The summed E-state index contributed by atoms with van der Waals surface area (Å²) in [5.74, 6) is 0.134. The summed E-state index contributed by atoms with van der Waals surface area (Å²) in [5.41, 5.74) is 1.22. The number of pyridine rings is 1. The summed E-state index contributed by atoms with van der Waals surface area (Å²) in [6, 6.07) is 3.45. The first kappa shape index (κ1) is 12.4. The van der Waals surface area contributed by atoms with Gasteiger partial charge in [0.15, 0.2) is 0 Å². The van der Waals surface area contributed by atoms with Crippen molar-refractivity contribution in [2.75, 3.05) is 12.4 Å². The molecule has 1 amide bonds. The molecule has 2 heterocycles. The molecule has 1 N–H and O–H groups in total. The third kappa shape index (κ3) is 2.45. The Hall–Kier alpha value is -2.02. The Morgan fingerprint density at radius 3 is 3.11 bits per heavy atom. The lowest BCUT2D eigenvalue weighted by molar-refractivity contribution is 0.102. The lowest BCUT2D eigenvalue weighted by atomic mass is 10.3. The highest BCUT2D eigenvalue weighted by Crippen LogP contribution is 2.21. The SMILES string of the molecule is CCc1nnsc1C(=O)Nc1cccnc1OC. The molecule has 0 saturated carbocycles. The molecular formula is C11H12N4O2S. The number of methoxy groups -OCH3 is 1. The fourth-order valence-electron chi connectivity index (χ4n) is 1.44. The van der Waals surface area contributed by atoms with Gasteiger partial charge >= 0.3 is 0 Å². The average Bonchev–Trinajstić information content (AvgIpc) is 2.87. The van der Waals surface area contributed by atoms with Gasteiger partial charge in [0.2, 0.25) is 5.88 Å². The predicted molar refractivity (Wildman–Crippen MR) is 68.0 cm³/mol. The molecule has 0 spiro atoms. The summed E-state index contributed by atoms with van der Waals surface area (Å²) in [5, 5.41) is 6.64. The topological polar surface area (TPSA) is 77.0 Å². The highest BCUT2D eigenvalue weighted by atomic mass is 32.1. The minimum absolute atomic E-state index is 0.242. The molecule has 0 saturated heterocycles. The van der Waals surface area contributed by atoms with Gasteiger partial charge in [-0.1, -0.05) is 11.4 Å². The number of nitrogens with zero attached hydrogens (tertiary/aromatic N) is 3. The van der Waals surface area contributed by atoms with E-state index in [1.165, 1.54) is 7.11 Å². The van der Waals surface area contributed by atoms with Gasteiger partial charge in [-0.15, -0.1) is 5.10 Å². The average molecular weight is 264 g/mol. The van der Waals surface area contributed by atoms with Gasteiger partial charge in [0, 0.05) is 6.20 Å². The van der Waals surface area contributed by atoms with Crippen LogP contribution in [0.3, 0.4) is 0 Å². The second-order valence-corrected chi connectivity index (χ2v) is 4.17. The quantitative estimate of drug-likeness (QED) is 0.910. The summed E-state index contributed by atoms with van der Waals surface area (Å²) in [7, 11) is 1.50. The predicted octanol–water partition coefficient (Wildman–Crippen LogP) is 1.76. The molecular weight excluding hydrogens is 252 g/mol. The first-order valence-electron chi connectivity index (χ1n) is 5.37. The maximum Gasteiger partial charge on any atom is 0.269 e. The van der Waals surface area contributed by atoms with Gasteiger partial charge < -0.3 is 10.1 Å². The molecule has 94 valence electrons. The lowest BCUT2D eigenvalue weighted by Crippen LogP contribution is -2.13. The molecule has 2 aromatic heterocycles. The molecule has 0 aliphatic heterocycles. The molecule has 0 aromatic carbocycles. The number of hydrogen-bond donors (Lipinski definition) is 1. The van der Waals surface area contributed by atoms with E-state index < -0.39 is 0 Å². The molecule has 18 heavy (non-hydrogen) atoms. The summed E-state index contributed by atoms with van der Waals surface area (Å²) in [6.07, 6.45) is 2.27.